The van der Waals surface area contributed by atoms with Gasteiger partial charge in [-0.05, 0) is 42.7 Å². The summed E-state index contributed by atoms with van der Waals surface area (Å²) in [5.41, 5.74) is 2.98. The number of hydrogen-bond acceptors (Lipinski definition) is 6. The molecule has 0 radical (unpaired) electrons. The molecule has 2 N–H and O–H groups in total. The van der Waals surface area contributed by atoms with Gasteiger partial charge < -0.3 is 15.5 Å². The van der Waals surface area contributed by atoms with E-state index in [0.717, 1.165) is 16.9 Å². The van der Waals surface area contributed by atoms with Crippen LogP contribution in [0.25, 0.3) is 5.65 Å². The van der Waals surface area contributed by atoms with Crippen LogP contribution in [0, 0.1) is 0 Å². The van der Waals surface area contributed by atoms with Crippen LogP contribution in [0.3, 0.4) is 0 Å². The van der Waals surface area contributed by atoms with Gasteiger partial charge in [0.15, 0.2) is 5.65 Å². The fourth-order valence-corrected chi connectivity index (χ4v) is 4.92. The van der Waals surface area contributed by atoms with Crippen LogP contribution in [-0.2, 0) is 12.5 Å². The van der Waals surface area contributed by atoms with Gasteiger partial charge in [0.2, 0.25) is 5.95 Å². The summed E-state index contributed by atoms with van der Waals surface area (Å²) in [6.07, 6.45) is 2.46. The second kappa shape index (κ2) is 9.62. The molecule has 36 heavy (non-hydrogen) atoms. The van der Waals surface area contributed by atoms with Gasteiger partial charge in [-0.25, -0.2) is 4.52 Å². The van der Waals surface area contributed by atoms with Crippen LogP contribution in [0.4, 0.5) is 30.5 Å². The normalized spacial score (nSPS) is 16.0. The minimum absolute atomic E-state index is 0.232. The van der Waals surface area contributed by atoms with Gasteiger partial charge in [0.05, 0.1) is 24.1 Å². The number of benzene rings is 1. The number of aromatic nitrogens is 5. The number of halogens is 4. The molecule has 190 valence electrons. The van der Waals surface area contributed by atoms with Crippen LogP contribution in [0.5, 0.6) is 0 Å². The highest BCUT2D eigenvalue weighted by atomic mass is 35.5. The molecular formula is C24H26ClF3N8. The summed E-state index contributed by atoms with van der Waals surface area (Å²) in [4.78, 5) is 6.90. The molecule has 8 nitrogen and oxygen atoms in total. The van der Waals surface area contributed by atoms with E-state index in [2.05, 4.69) is 30.7 Å². The van der Waals surface area contributed by atoms with Crippen molar-refractivity contribution in [3.05, 3.63) is 65.6 Å². The zero-order valence-electron chi connectivity index (χ0n) is 19.6. The molecule has 4 aromatic rings. The molecule has 1 aliphatic heterocycles. The second-order valence-corrected chi connectivity index (χ2v) is 9.55. The predicted molar refractivity (Wildman–Crippen MR) is 133 cm³/mol. The topological polar surface area (TPSA) is 75.3 Å². The number of hydrogen-bond donors (Lipinski definition) is 2. The first-order chi connectivity index (χ1) is 17.2. The van der Waals surface area contributed by atoms with E-state index in [1.54, 1.807) is 27.5 Å². The third kappa shape index (κ3) is 5.26. The Morgan fingerprint density at radius 2 is 1.86 bits per heavy atom. The van der Waals surface area contributed by atoms with Crippen molar-refractivity contribution < 1.29 is 13.2 Å². The first-order valence-electron chi connectivity index (χ1n) is 11.6. The fraction of sp³-hybridized carbons (Fsp3) is 0.375. The van der Waals surface area contributed by atoms with E-state index in [0.29, 0.717) is 42.5 Å². The Labute approximate surface area is 211 Å². The standard InChI is InChI=1S/C24H26ClF3N8/c1-34-14-19(13-30-34)31-22-32-21-20(3-2-10-36(21)33-22)35-11-8-23(9-12-35,15-29-16-24(26,27)28)17-4-6-18(25)7-5-17/h2-7,10,13-14,29H,8-9,11-12,15-16H2,1H3,(H,31,33). The molecular weight excluding hydrogens is 493 g/mol. The maximum Gasteiger partial charge on any atom is 0.401 e. The highest BCUT2D eigenvalue weighted by Gasteiger charge is 2.38. The molecule has 1 saturated heterocycles. The monoisotopic (exact) mass is 518 g/mol. The van der Waals surface area contributed by atoms with Crippen molar-refractivity contribution >= 4 is 34.6 Å². The molecule has 4 heterocycles. The lowest BCUT2D eigenvalue weighted by atomic mass is 9.72. The third-order valence-electron chi connectivity index (χ3n) is 6.61. The van der Waals surface area contributed by atoms with Crippen molar-refractivity contribution in [1.82, 2.24) is 29.7 Å². The molecule has 1 aromatic carbocycles. The average molecular weight is 519 g/mol. The molecule has 0 aliphatic carbocycles. The number of aryl methyl sites for hydroxylation is 1. The van der Waals surface area contributed by atoms with E-state index in [-0.39, 0.29) is 6.54 Å². The molecule has 0 saturated carbocycles. The molecule has 0 bridgehead atoms. The van der Waals surface area contributed by atoms with Gasteiger partial charge in [-0.15, -0.1) is 5.10 Å². The molecule has 0 spiro atoms. The van der Waals surface area contributed by atoms with E-state index in [9.17, 15) is 13.2 Å². The lowest BCUT2D eigenvalue weighted by Crippen LogP contribution is -2.49. The van der Waals surface area contributed by atoms with Crippen molar-refractivity contribution in [2.24, 2.45) is 7.05 Å². The van der Waals surface area contributed by atoms with Gasteiger partial charge in [0.1, 0.15) is 0 Å². The second-order valence-electron chi connectivity index (χ2n) is 9.12. The molecule has 0 amide bonds. The largest absolute Gasteiger partial charge is 0.401 e. The molecule has 0 atom stereocenters. The number of piperidine rings is 1. The van der Waals surface area contributed by atoms with Crippen molar-refractivity contribution in [3.8, 4) is 0 Å². The lowest BCUT2D eigenvalue weighted by molar-refractivity contribution is -0.125. The van der Waals surface area contributed by atoms with Crippen molar-refractivity contribution in [1.29, 1.82) is 0 Å². The molecule has 3 aromatic heterocycles. The number of alkyl halides is 3. The van der Waals surface area contributed by atoms with Gasteiger partial charge in [0, 0.05) is 49.5 Å². The Hall–Kier alpha value is -3.31. The molecule has 5 rings (SSSR count). The molecule has 12 heteroatoms. The van der Waals surface area contributed by atoms with E-state index in [1.165, 1.54) is 0 Å². The van der Waals surface area contributed by atoms with Gasteiger partial charge in [0.25, 0.3) is 0 Å². The van der Waals surface area contributed by atoms with Crippen LogP contribution in [0.15, 0.2) is 55.0 Å². The number of fused-ring (bicyclic) bond motifs is 1. The summed E-state index contributed by atoms with van der Waals surface area (Å²) in [5.74, 6) is 0.458. The number of rotatable bonds is 7. The highest BCUT2D eigenvalue weighted by Crippen LogP contribution is 2.38. The van der Waals surface area contributed by atoms with E-state index >= 15 is 0 Å². The summed E-state index contributed by atoms with van der Waals surface area (Å²) in [5, 5.41) is 15.1. The first-order valence-corrected chi connectivity index (χ1v) is 12.0. The fourth-order valence-electron chi connectivity index (χ4n) is 4.80. The van der Waals surface area contributed by atoms with Crippen LogP contribution in [0.1, 0.15) is 18.4 Å². The Bertz CT molecular complexity index is 1320. The third-order valence-corrected chi connectivity index (χ3v) is 6.86. The SMILES string of the molecule is Cn1cc(Nc2nc3c(N4CCC(CNCC(F)(F)F)(c5ccc(Cl)cc5)CC4)cccn3n2)cn1. The summed E-state index contributed by atoms with van der Waals surface area (Å²) < 4.78 is 42.0. The number of nitrogens with zero attached hydrogens (tertiary/aromatic N) is 6. The summed E-state index contributed by atoms with van der Waals surface area (Å²) in [7, 11) is 1.83. The Morgan fingerprint density at radius 1 is 1.11 bits per heavy atom. The molecule has 0 unspecified atom stereocenters. The zero-order chi connectivity index (χ0) is 25.3. The predicted octanol–water partition coefficient (Wildman–Crippen LogP) is 4.55. The van der Waals surface area contributed by atoms with Gasteiger partial charge in [-0.1, -0.05) is 23.7 Å². The number of anilines is 3. The van der Waals surface area contributed by atoms with Gasteiger partial charge in [-0.2, -0.15) is 23.3 Å². The van der Waals surface area contributed by atoms with Crippen LogP contribution < -0.4 is 15.5 Å². The highest BCUT2D eigenvalue weighted by molar-refractivity contribution is 6.30. The minimum atomic E-state index is -4.26. The first kappa shape index (κ1) is 24.4. The quantitative estimate of drug-likeness (QED) is 0.374. The zero-order valence-corrected chi connectivity index (χ0v) is 20.4. The van der Waals surface area contributed by atoms with Crippen LogP contribution in [-0.4, -0.2) is 56.7 Å². The van der Waals surface area contributed by atoms with Gasteiger partial charge >= 0.3 is 6.18 Å². The number of nitrogens with one attached hydrogen (secondary N) is 2. The van der Waals surface area contributed by atoms with Crippen molar-refractivity contribution in [2.45, 2.75) is 24.4 Å². The van der Waals surface area contributed by atoms with Crippen molar-refractivity contribution in [2.75, 3.05) is 36.4 Å². The Balaban J connectivity index is 1.36. The van der Waals surface area contributed by atoms with Crippen LogP contribution >= 0.6 is 11.6 Å². The van der Waals surface area contributed by atoms with E-state index < -0.39 is 18.1 Å². The smallest absolute Gasteiger partial charge is 0.368 e. The van der Waals surface area contributed by atoms with Crippen molar-refractivity contribution in [3.63, 3.8) is 0 Å². The molecule has 1 fully saturated rings. The Morgan fingerprint density at radius 3 is 2.53 bits per heavy atom. The summed E-state index contributed by atoms with van der Waals surface area (Å²) in [6.45, 7) is 0.538. The lowest BCUT2D eigenvalue weighted by Gasteiger charge is -2.43. The molecule has 1 aliphatic rings. The van der Waals surface area contributed by atoms with Gasteiger partial charge in [-0.3, -0.25) is 4.68 Å². The Kier molecular flexibility index (Phi) is 6.52. The number of pyridine rings is 1. The van der Waals surface area contributed by atoms with Crippen LogP contribution in [0.2, 0.25) is 5.02 Å². The average Bonchev–Trinajstić information content (AvgIpc) is 3.44. The maximum atomic E-state index is 12.8. The van der Waals surface area contributed by atoms with E-state index in [4.69, 9.17) is 11.6 Å². The van der Waals surface area contributed by atoms with E-state index in [1.807, 2.05) is 43.7 Å². The maximum absolute atomic E-state index is 12.8. The minimum Gasteiger partial charge on any atom is -0.368 e. The summed E-state index contributed by atoms with van der Waals surface area (Å²) in [6, 6.07) is 11.3. The summed E-state index contributed by atoms with van der Waals surface area (Å²) >= 11 is 6.08.